The zero-order valence-corrected chi connectivity index (χ0v) is 9.00. The lowest BCUT2D eigenvalue weighted by atomic mass is 10.1. The van der Waals surface area contributed by atoms with Crippen molar-refractivity contribution in [2.24, 2.45) is 5.92 Å². The molecule has 2 unspecified atom stereocenters. The summed E-state index contributed by atoms with van der Waals surface area (Å²) in [5, 5.41) is 9.12. The van der Waals surface area contributed by atoms with E-state index in [2.05, 4.69) is 26.5 Å². The Bertz CT molecular complexity index is 194. The second-order valence-corrected chi connectivity index (χ2v) is 4.67. The number of hydrogen-bond acceptors (Lipinski definition) is 3. The van der Waals surface area contributed by atoms with Crippen LogP contribution in [0.4, 0.5) is 0 Å². The van der Waals surface area contributed by atoms with E-state index >= 15 is 0 Å². The molecule has 1 N–H and O–H groups in total. The van der Waals surface area contributed by atoms with Crippen LogP contribution in [0.3, 0.4) is 0 Å². The summed E-state index contributed by atoms with van der Waals surface area (Å²) < 4.78 is 0. The molecule has 0 bridgehead atoms. The Kier molecular flexibility index (Phi) is 3.62. The number of rotatable bonds is 2. The number of amides is 1. The van der Waals surface area contributed by atoms with Crippen LogP contribution in [0, 0.1) is 5.92 Å². The van der Waals surface area contributed by atoms with Crippen LogP contribution in [0.15, 0.2) is 0 Å². The van der Waals surface area contributed by atoms with Crippen LogP contribution in [-0.4, -0.2) is 40.4 Å². The number of hydrogen-bond donors (Lipinski definition) is 2. The van der Waals surface area contributed by atoms with E-state index in [4.69, 9.17) is 0 Å². The van der Waals surface area contributed by atoms with Crippen molar-refractivity contribution < 1.29 is 9.90 Å². The summed E-state index contributed by atoms with van der Waals surface area (Å²) in [6, 6.07) is 0. The first-order chi connectivity index (χ1) is 6.00. The van der Waals surface area contributed by atoms with Gasteiger partial charge in [-0.15, -0.1) is 0 Å². The quantitative estimate of drug-likeness (QED) is 0.643. The Morgan fingerprint density at radius 1 is 1.69 bits per heavy atom. The molecule has 2 atom stereocenters. The molecule has 1 aliphatic heterocycles. The lowest BCUT2D eigenvalue weighted by molar-refractivity contribution is -0.136. The molecule has 0 saturated carbocycles. The third kappa shape index (κ3) is 2.88. The van der Waals surface area contributed by atoms with Crippen molar-refractivity contribution in [3.05, 3.63) is 0 Å². The Labute approximate surface area is 84.5 Å². The fraction of sp³-hybridized carbons (Fsp3) is 0.889. The molecule has 0 aromatic rings. The first-order valence-corrected chi connectivity index (χ1v) is 5.17. The molecular formula is C9H17NO2S. The number of nitrogens with zero attached hydrogens (tertiary/aromatic N) is 1. The number of aliphatic hydroxyl groups is 1. The first-order valence-electron chi connectivity index (χ1n) is 4.65. The Morgan fingerprint density at radius 3 is 2.85 bits per heavy atom. The number of β-amino-alcohol motifs (C(OH)–C–C–N with tert-alkyl or cyclic N) is 1. The molecule has 1 heterocycles. The summed E-state index contributed by atoms with van der Waals surface area (Å²) in [6.07, 6.45) is 0.0789. The van der Waals surface area contributed by atoms with Gasteiger partial charge in [-0.1, -0.05) is 13.8 Å². The van der Waals surface area contributed by atoms with E-state index in [1.807, 2.05) is 0 Å². The highest BCUT2D eigenvalue weighted by molar-refractivity contribution is 7.81. The monoisotopic (exact) mass is 203 g/mol. The number of aliphatic hydroxyl groups excluding tert-OH is 1. The molecule has 1 aliphatic rings. The molecule has 0 spiro atoms. The minimum Gasteiger partial charge on any atom is -0.391 e. The molecule has 76 valence electrons. The van der Waals surface area contributed by atoms with Crippen LogP contribution in [0.25, 0.3) is 0 Å². The summed E-state index contributed by atoms with van der Waals surface area (Å²) >= 11 is 4.15. The lowest BCUT2D eigenvalue weighted by Gasteiger charge is -2.34. The normalized spacial score (nSPS) is 29.9. The van der Waals surface area contributed by atoms with E-state index in [9.17, 15) is 9.90 Å². The molecular weight excluding hydrogens is 186 g/mol. The van der Waals surface area contributed by atoms with Crippen molar-refractivity contribution >= 4 is 18.5 Å². The minimum atomic E-state index is -0.404. The van der Waals surface area contributed by atoms with Crippen molar-refractivity contribution in [3.8, 4) is 0 Å². The second kappa shape index (κ2) is 4.33. The van der Waals surface area contributed by atoms with E-state index in [0.29, 0.717) is 25.4 Å². The van der Waals surface area contributed by atoms with Gasteiger partial charge in [-0.05, 0) is 12.3 Å². The van der Waals surface area contributed by atoms with Crippen LogP contribution >= 0.6 is 12.6 Å². The maximum Gasteiger partial charge on any atom is 0.235 e. The number of carbonyl (C=O) groups excluding carboxylic acids is 1. The third-order valence-electron chi connectivity index (χ3n) is 2.11. The highest BCUT2D eigenvalue weighted by Gasteiger charge is 2.31. The van der Waals surface area contributed by atoms with E-state index in [1.54, 1.807) is 4.90 Å². The Hall–Kier alpha value is -0.220. The van der Waals surface area contributed by atoms with Gasteiger partial charge < -0.3 is 10.0 Å². The van der Waals surface area contributed by atoms with E-state index in [-0.39, 0.29) is 11.2 Å². The summed E-state index contributed by atoms with van der Waals surface area (Å²) in [7, 11) is 0. The van der Waals surface area contributed by atoms with Gasteiger partial charge in [-0.3, -0.25) is 4.79 Å². The SMILES string of the molecule is CC(C)CN1CC(O)CC(S)C1=O. The zero-order valence-electron chi connectivity index (χ0n) is 8.10. The number of likely N-dealkylation sites (tertiary alicyclic amines) is 1. The van der Waals surface area contributed by atoms with Crippen molar-refractivity contribution in [3.63, 3.8) is 0 Å². The summed E-state index contributed by atoms with van der Waals surface area (Å²) in [5.41, 5.74) is 0. The van der Waals surface area contributed by atoms with E-state index in [0.717, 1.165) is 0 Å². The standard InChI is InChI=1S/C9H17NO2S/c1-6(2)4-10-5-7(11)3-8(13)9(10)12/h6-8,11,13H,3-5H2,1-2H3. The Morgan fingerprint density at radius 2 is 2.31 bits per heavy atom. The minimum absolute atomic E-state index is 0.0577. The van der Waals surface area contributed by atoms with Crippen molar-refractivity contribution in [2.45, 2.75) is 31.6 Å². The summed E-state index contributed by atoms with van der Waals surface area (Å²) in [5.74, 6) is 0.497. The molecule has 0 aromatic carbocycles. The zero-order chi connectivity index (χ0) is 10.0. The third-order valence-corrected chi connectivity index (χ3v) is 2.54. The van der Waals surface area contributed by atoms with Gasteiger partial charge >= 0.3 is 0 Å². The molecule has 1 rings (SSSR count). The van der Waals surface area contributed by atoms with Crippen LogP contribution in [0.2, 0.25) is 0 Å². The van der Waals surface area contributed by atoms with Crippen molar-refractivity contribution in [2.75, 3.05) is 13.1 Å². The highest BCUT2D eigenvalue weighted by atomic mass is 32.1. The average molecular weight is 203 g/mol. The average Bonchev–Trinajstić information content (AvgIpc) is 1.98. The van der Waals surface area contributed by atoms with Gasteiger partial charge in [-0.2, -0.15) is 12.6 Å². The molecule has 13 heavy (non-hydrogen) atoms. The molecule has 3 nitrogen and oxygen atoms in total. The van der Waals surface area contributed by atoms with Crippen LogP contribution in [0.5, 0.6) is 0 Å². The van der Waals surface area contributed by atoms with Gasteiger partial charge in [0, 0.05) is 13.1 Å². The predicted octanol–water partition coefficient (Wildman–Crippen LogP) is 0.534. The molecule has 0 radical (unpaired) electrons. The van der Waals surface area contributed by atoms with E-state index < -0.39 is 6.10 Å². The molecule has 1 fully saturated rings. The molecule has 4 heteroatoms. The lowest BCUT2D eigenvalue weighted by Crippen LogP contribution is -2.49. The van der Waals surface area contributed by atoms with Gasteiger partial charge in [-0.25, -0.2) is 0 Å². The Balaban J connectivity index is 2.56. The van der Waals surface area contributed by atoms with Gasteiger partial charge in [0.25, 0.3) is 0 Å². The summed E-state index contributed by atoms with van der Waals surface area (Å²) in [4.78, 5) is 13.2. The highest BCUT2D eigenvalue weighted by Crippen LogP contribution is 2.17. The number of thiol groups is 1. The van der Waals surface area contributed by atoms with Crippen molar-refractivity contribution in [1.29, 1.82) is 0 Å². The van der Waals surface area contributed by atoms with Crippen LogP contribution in [-0.2, 0) is 4.79 Å². The topological polar surface area (TPSA) is 40.5 Å². The smallest absolute Gasteiger partial charge is 0.235 e. The predicted molar refractivity (Wildman–Crippen MR) is 54.8 cm³/mol. The van der Waals surface area contributed by atoms with Crippen LogP contribution < -0.4 is 0 Å². The first kappa shape index (κ1) is 10.9. The number of piperidine rings is 1. The van der Waals surface area contributed by atoms with Crippen molar-refractivity contribution in [1.82, 2.24) is 4.90 Å². The molecule has 1 amide bonds. The fourth-order valence-corrected chi connectivity index (χ4v) is 2.00. The summed E-state index contributed by atoms with van der Waals surface area (Å²) in [6.45, 7) is 5.30. The van der Waals surface area contributed by atoms with Gasteiger partial charge in [0.1, 0.15) is 0 Å². The molecule has 0 aromatic heterocycles. The number of carbonyl (C=O) groups is 1. The van der Waals surface area contributed by atoms with Gasteiger partial charge in [0.05, 0.1) is 11.4 Å². The second-order valence-electron chi connectivity index (χ2n) is 4.04. The van der Waals surface area contributed by atoms with E-state index in [1.165, 1.54) is 0 Å². The molecule has 0 aliphatic carbocycles. The maximum atomic E-state index is 11.5. The maximum absolute atomic E-state index is 11.5. The largest absolute Gasteiger partial charge is 0.391 e. The fourth-order valence-electron chi connectivity index (χ4n) is 1.59. The van der Waals surface area contributed by atoms with Gasteiger partial charge in [0.2, 0.25) is 5.91 Å². The molecule has 1 saturated heterocycles. The van der Waals surface area contributed by atoms with Gasteiger partial charge in [0.15, 0.2) is 0 Å². The van der Waals surface area contributed by atoms with Crippen LogP contribution in [0.1, 0.15) is 20.3 Å².